The van der Waals surface area contributed by atoms with Crippen LogP contribution in [0.1, 0.15) is 38.3 Å². The van der Waals surface area contributed by atoms with Gasteiger partial charge in [-0.2, -0.15) is 0 Å². The molecule has 7 nitrogen and oxygen atoms in total. The van der Waals surface area contributed by atoms with E-state index in [1.165, 1.54) is 0 Å². The third-order valence-electron chi connectivity index (χ3n) is 4.99. The molecular weight excluding hydrogens is 558 g/mol. The van der Waals surface area contributed by atoms with Crippen molar-refractivity contribution in [1.82, 2.24) is 4.90 Å². The number of rotatable bonds is 10. The SMILES string of the molecule is CCOc1cc(/C=C2/SC(=O)N(CC(=O)O[C@H](C)CC)C2=O)cc(Br)c1OCc1ccc(Cl)cc1. The van der Waals surface area contributed by atoms with Crippen LogP contribution in [-0.2, 0) is 20.9 Å². The smallest absolute Gasteiger partial charge is 0.326 e. The highest BCUT2D eigenvalue weighted by atomic mass is 79.9. The van der Waals surface area contributed by atoms with Gasteiger partial charge in [0.2, 0.25) is 0 Å². The molecule has 35 heavy (non-hydrogen) atoms. The predicted octanol–water partition coefficient (Wildman–Crippen LogP) is 6.46. The first-order valence-corrected chi connectivity index (χ1v) is 13.0. The lowest BCUT2D eigenvalue weighted by Crippen LogP contribution is -2.35. The Morgan fingerprint density at radius 2 is 1.89 bits per heavy atom. The molecule has 1 heterocycles. The molecule has 2 aromatic carbocycles. The molecule has 1 atom stereocenters. The van der Waals surface area contributed by atoms with Crippen LogP contribution in [0.15, 0.2) is 45.8 Å². The van der Waals surface area contributed by atoms with Gasteiger partial charge in [0.05, 0.1) is 22.1 Å². The second-order valence-corrected chi connectivity index (χ2v) is 9.94. The Kier molecular flexibility index (Phi) is 9.65. The third kappa shape index (κ3) is 7.25. The average Bonchev–Trinajstić information content (AvgIpc) is 3.07. The van der Waals surface area contributed by atoms with E-state index < -0.39 is 23.7 Å². The summed E-state index contributed by atoms with van der Waals surface area (Å²) in [5.41, 5.74) is 1.57. The minimum Gasteiger partial charge on any atom is -0.490 e. The molecule has 0 unspecified atom stereocenters. The van der Waals surface area contributed by atoms with Gasteiger partial charge in [0.25, 0.3) is 11.1 Å². The number of carbonyl (C=O) groups excluding carboxylic acids is 3. The van der Waals surface area contributed by atoms with Crippen LogP contribution in [0.4, 0.5) is 4.79 Å². The molecule has 2 aromatic rings. The van der Waals surface area contributed by atoms with Crippen molar-refractivity contribution in [2.24, 2.45) is 0 Å². The highest BCUT2D eigenvalue weighted by molar-refractivity contribution is 9.10. The van der Waals surface area contributed by atoms with E-state index >= 15 is 0 Å². The minimum atomic E-state index is -0.619. The van der Waals surface area contributed by atoms with Crippen molar-refractivity contribution >= 4 is 62.5 Å². The molecule has 0 aromatic heterocycles. The summed E-state index contributed by atoms with van der Waals surface area (Å²) in [6, 6.07) is 10.8. The molecule has 0 radical (unpaired) electrons. The number of amides is 2. The maximum Gasteiger partial charge on any atom is 0.326 e. The number of thioether (sulfide) groups is 1. The summed E-state index contributed by atoms with van der Waals surface area (Å²) in [6.45, 7) is 5.78. The Balaban J connectivity index is 1.78. The van der Waals surface area contributed by atoms with Gasteiger partial charge in [-0.05, 0) is 89.4 Å². The number of hydrogen-bond donors (Lipinski definition) is 0. The summed E-state index contributed by atoms with van der Waals surface area (Å²) in [5, 5.41) is 0.125. The first-order chi connectivity index (χ1) is 16.7. The maximum absolute atomic E-state index is 12.8. The first kappa shape index (κ1) is 27.1. The molecule has 0 aliphatic carbocycles. The normalized spacial score (nSPS) is 15.5. The lowest BCUT2D eigenvalue weighted by molar-refractivity contribution is -0.150. The molecule has 2 amide bonds. The Labute approximate surface area is 221 Å². The van der Waals surface area contributed by atoms with Crippen LogP contribution in [0.3, 0.4) is 0 Å². The maximum atomic E-state index is 12.8. The molecule has 0 spiro atoms. The fourth-order valence-corrected chi connectivity index (χ4v) is 4.61. The summed E-state index contributed by atoms with van der Waals surface area (Å²) in [6.07, 6.45) is 1.94. The predicted molar refractivity (Wildman–Crippen MR) is 140 cm³/mol. The van der Waals surface area contributed by atoms with Crippen molar-refractivity contribution in [2.75, 3.05) is 13.2 Å². The summed E-state index contributed by atoms with van der Waals surface area (Å²) < 4.78 is 17.6. The molecular formula is C25H25BrClNO6S. The zero-order valence-corrected chi connectivity index (χ0v) is 22.7. The van der Waals surface area contributed by atoms with Gasteiger partial charge in [-0.15, -0.1) is 0 Å². The molecule has 0 N–H and O–H groups in total. The Morgan fingerprint density at radius 3 is 2.54 bits per heavy atom. The van der Waals surface area contributed by atoms with E-state index in [1.54, 1.807) is 37.3 Å². The molecule has 1 aliphatic heterocycles. The molecule has 186 valence electrons. The van der Waals surface area contributed by atoms with Crippen molar-refractivity contribution in [3.63, 3.8) is 0 Å². The number of nitrogens with zero attached hydrogens (tertiary/aromatic N) is 1. The Morgan fingerprint density at radius 1 is 1.17 bits per heavy atom. The molecule has 1 aliphatic rings. The van der Waals surface area contributed by atoms with E-state index in [-0.39, 0.29) is 11.0 Å². The highest BCUT2D eigenvalue weighted by Gasteiger charge is 2.37. The van der Waals surface area contributed by atoms with Crippen molar-refractivity contribution in [3.8, 4) is 11.5 Å². The molecule has 10 heteroatoms. The molecule has 1 saturated heterocycles. The monoisotopic (exact) mass is 581 g/mol. The van der Waals surface area contributed by atoms with Gasteiger partial charge in [0.1, 0.15) is 13.2 Å². The van der Waals surface area contributed by atoms with E-state index in [1.807, 2.05) is 26.0 Å². The van der Waals surface area contributed by atoms with Gasteiger partial charge in [0.15, 0.2) is 11.5 Å². The molecule has 0 saturated carbocycles. The number of imide groups is 1. The summed E-state index contributed by atoms with van der Waals surface area (Å²) in [5.74, 6) is -0.164. The summed E-state index contributed by atoms with van der Waals surface area (Å²) >= 11 is 10.2. The molecule has 1 fully saturated rings. The van der Waals surface area contributed by atoms with E-state index in [9.17, 15) is 14.4 Å². The van der Waals surface area contributed by atoms with Gasteiger partial charge < -0.3 is 14.2 Å². The van der Waals surface area contributed by atoms with Crippen LogP contribution < -0.4 is 9.47 Å². The van der Waals surface area contributed by atoms with Crippen LogP contribution in [0.25, 0.3) is 6.08 Å². The van der Waals surface area contributed by atoms with E-state index in [2.05, 4.69) is 15.9 Å². The Bertz CT molecular complexity index is 1140. The Hall–Kier alpha value is -2.49. The zero-order valence-electron chi connectivity index (χ0n) is 19.5. The largest absolute Gasteiger partial charge is 0.490 e. The van der Waals surface area contributed by atoms with E-state index in [0.29, 0.717) is 46.2 Å². The zero-order chi connectivity index (χ0) is 25.5. The van der Waals surface area contributed by atoms with Gasteiger partial charge in [0, 0.05) is 5.02 Å². The number of carbonyl (C=O) groups is 3. The number of hydrogen-bond acceptors (Lipinski definition) is 7. The van der Waals surface area contributed by atoms with Crippen LogP contribution in [0, 0.1) is 0 Å². The van der Waals surface area contributed by atoms with Gasteiger partial charge in [-0.1, -0.05) is 30.7 Å². The van der Waals surface area contributed by atoms with Crippen molar-refractivity contribution in [1.29, 1.82) is 0 Å². The minimum absolute atomic E-state index is 0.204. The average molecular weight is 583 g/mol. The topological polar surface area (TPSA) is 82.1 Å². The fourth-order valence-electron chi connectivity index (χ4n) is 3.07. The number of benzene rings is 2. The molecule has 0 bridgehead atoms. The summed E-state index contributed by atoms with van der Waals surface area (Å²) in [7, 11) is 0. The van der Waals surface area contributed by atoms with E-state index in [4.69, 9.17) is 25.8 Å². The van der Waals surface area contributed by atoms with E-state index in [0.717, 1.165) is 22.2 Å². The lowest BCUT2D eigenvalue weighted by atomic mass is 10.1. The van der Waals surface area contributed by atoms with Crippen molar-refractivity contribution in [2.45, 2.75) is 39.9 Å². The number of halogens is 2. The van der Waals surface area contributed by atoms with Crippen molar-refractivity contribution in [3.05, 3.63) is 61.9 Å². The first-order valence-electron chi connectivity index (χ1n) is 11.0. The van der Waals surface area contributed by atoms with Gasteiger partial charge >= 0.3 is 5.97 Å². The third-order valence-corrected chi connectivity index (χ3v) is 6.74. The second-order valence-electron chi connectivity index (χ2n) is 7.65. The van der Waals surface area contributed by atoms with Crippen LogP contribution in [0.5, 0.6) is 11.5 Å². The summed E-state index contributed by atoms with van der Waals surface area (Å²) in [4.78, 5) is 38.3. The van der Waals surface area contributed by atoms with Gasteiger partial charge in [-0.25, -0.2) is 0 Å². The molecule has 3 rings (SSSR count). The fraction of sp³-hybridized carbons (Fsp3) is 0.320. The second kappa shape index (κ2) is 12.5. The standard InChI is InChI=1S/C25H25BrClNO6S/c1-4-15(3)34-22(29)13-28-24(30)21(35-25(28)31)12-17-10-19(26)23(20(11-17)32-5-2)33-14-16-6-8-18(27)9-7-16/h6-12,15H,4-5,13-14H2,1-3H3/b21-12+/t15-/m1/s1. The van der Waals surface area contributed by atoms with Crippen LogP contribution >= 0.6 is 39.3 Å². The highest BCUT2D eigenvalue weighted by Crippen LogP contribution is 2.39. The number of esters is 1. The van der Waals surface area contributed by atoms with Crippen molar-refractivity contribution < 1.29 is 28.6 Å². The van der Waals surface area contributed by atoms with Crippen LogP contribution in [0.2, 0.25) is 5.02 Å². The lowest BCUT2D eigenvalue weighted by Gasteiger charge is -2.15. The quantitative estimate of drug-likeness (QED) is 0.235. The number of ether oxygens (including phenoxy) is 3. The van der Waals surface area contributed by atoms with Crippen LogP contribution in [-0.4, -0.2) is 41.3 Å². The van der Waals surface area contributed by atoms with Gasteiger partial charge in [-0.3, -0.25) is 19.3 Å².